The van der Waals surface area contributed by atoms with Crippen LogP contribution in [-0.2, 0) is 9.59 Å². The molecule has 2 amide bonds. The first-order valence-corrected chi connectivity index (χ1v) is 14.4. The van der Waals surface area contributed by atoms with E-state index >= 15 is 0 Å². The first-order valence-electron chi connectivity index (χ1n) is 14.4. The van der Waals surface area contributed by atoms with Crippen molar-refractivity contribution in [2.75, 3.05) is 14.2 Å². The zero-order chi connectivity index (χ0) is 33.4. The number of hydrogen-bond donors (Lipinski definition) is 2. The quantitative estimate of drug-likeness (QED) is 0.0857. The summed E-state index contributed by atoms with van der Waals surface area (Å²) >= 11 is 0. The number of amides is 2. The molecule has 4 rings (SSSR count). The van der Waals surface area contributed by atoms with Gasteiger partial charge in [-0.15, -0.1) is 0 Å². The van der Waals surface area contributed by atoms with Gasteiger partial charge in [-0.25, -0.2) is 20.4 Å². The van der Waals surface area contributed by atoms with Crippen LogP contribution in [0.15, 0.2) is 107 Å². The van der Waals surface area contributed by atoms with Crippen LogP contribution in [0.4, 0.5) is 0 Å². The van der Waals surface area contributed by atoms with Crippen LogP contribution in [0.1, 0.15) is 51.1 Å². The summed E-state index contributed by atoms with van der Waals surface area (Å²) in [6.07, 6.45) is 3.23. The molecule has 0 heterocycles. The summed E-state index contributed by atoms with van der Waals surface area (Å²) in [7, 11) is 2.89. The van der Waals surface area contributed by atoms with Crippen molar-refractivity contribution >= 4 is 36.2 Å². The van der Waals surface area contributed by atoms with E-state index in [-0.39, 0.29) is 42.6 Å². The van der Waals surface area contributed by atoms with Crippen LogP contribution in [0.25, 0.3) is 0 Å². The van der Waals surface area contributed by atoms with Crippen LogP contribution in [0.2, 0.25) is 0 Å². The van der Waals surface area contributed by atoms with E-state index in [1.807, 2.05) is 0 Å². The normalized spacial score (nSPS) is 10.8. The molecule has 240 valence electrons. The summed E-state index contributed by atoms with van der Waals surface area (Å²) in [5.74, 6) is -0.675. The van der Waals surface area contributed by atoms with Crippen LogP contribution >= 0.6 is 0 Å². The number of methoxy groups -OCH3 is 2. The van der Waals surface area contributed by atoms with E-state index in [1.54, 1.807) is 97.1 Å². The Morgan fingerprint density at radius 2 is 0.979 bits per heavy atom. The molecular weight excluding hydrogens is 604 g/mol. The molecule has 0 aliphatic rings. The second-order valence-corrected chi connectivity index (χ2v) is 9.77. The Morgan fingerprint density at radius 3 is 1.36 bits per heavy atom. The molecule has 0 saturated carbocycles. The van der Waals surface area contributed by atoms with E-state index in [4.69, 9.17) is 18.9 Å². The maximum atomic E-state index is 12.3. The molecule has 0 saturated heterocycles. The van der Waals surface area contributed by atoms with Gasteiger partial charge in [0.05, 0.1) is 37.8 Å². The first kappa shape index (κ1) is 33.6. The fraction of sp³-hybridized carbons (Fsp3) is 0.143. The van der Waals surface area contributed by atoms with Crippen molar-refractivity contribution in [3.63, 3.8) is 0 Å². The summed E-state index contributed by atoms with van der Waals surface area (Å²) in [6.45, 7) is 0. The highest BCUT2D eigenvalue weighted by Gasteiger charge is 2.14. The molecule has 2 N–H and O–H groups in total. The molecule has 0 aromatic heterocycles. The molecule has 0 atom stereocenters. The highest BCUT2D eigenvalue weighted by Crippen LogP contribution is 2.29. The van der Waals surface area contributed by atoms with Gasteiger partial charge in [-0.3, -0.25) is 9.59 Å². The van der Waals surface area contributed by atoms with Gasteiger partial charge in [0.25, 0.3) is 0 Å². The summed E-state index contributed by atoms with van der Waals surface area (Å²) in [4.78, 5) is 49.0. The van der Waals surface area contributed by atoms with Crippen molar-refractivity contribution in [3.8, 4) is 23.0 Å². The molecule has 0 aliphatic heterocycles. The zero-order valence-electron chi connectivity index (χ0n) is 25.7. The molecule has 4 aromatic carbocycles. The molecular formula is C35H32N4O8. The lowest BCUT2D eigenvalue weighted by Crippen LogP contribution is -2.20. The highest BCUT2D eigenvalue weighted by atomic mass is 16.6. The van der Waals surface area contributed by atoms with E-state index in [0.717, 1.165) is 0 Å². The average molecular weight is 637 g/mol. The number of carbonyl (C=O) groups excluding carboxylic acids is 4. The summed E-state index contributed by atoms with van der Waals surface area (Å²) in [6, 6.07) is 26.8. The highest BCUT2D eigenvalue weighted by molar-refractivity contribution is 5.92. The number of nitrogens with one attached hydrogen (secondary N) is 2. The molecule has 4 aromatic rings. The number of esters is 2. The summed E-state index contributed by atoms with van der Waals surface area (Å²) < 4.78 is 21.5. The third-order valence-corrected chi connectivity index (χ3v) is 6.41. The number of benzene rings is 4. The maximum Gasteiger partial charge on any atom is 0.343 e. The molecule has 12 nitrogen and oxygen atoms in total. The van der Waals surface area contributed by atoms with Gasteiger partial charge in [0, 0.05) is 12.8 Å². The lowest BCUT2D eigenvalue weighted by molar-refractivity contribution is -0.122. The lowest BCUT2D eigenvalue weighted by Gasteiger charge is -2.10. The smallest absolute Gasteiger partial charge is 0.343 e. The van der Waals surface area contributed by atoms with Gasteiger partial charge in [-0.2, -0.15) is 10.2 Å². The molecule has 0 spiro atoms. The fourth-order valence-corrected chi connectivity index (χ4v) is 4.04. The average Bonchev–Trinajstić information content (AvgIpc) is 3.10. The number of hydrogen-bond acceptors (Lipinski definition) is 10. The fourth-order valence-electron chi connectivity index (χ4n) is 4.04. The van der Waals surface area contributed by atoms with Gasteiger partial charge in [0.15, 0.2) is 23.0 Å². The SMILES string of the molecule is COc1cc(/C=N\NC(=O)CCCC(=O)N/N=C\c2ccc(OC(=O)c3ccccc3)c(OC)c2)ccc1OC(=O)c1ccccc1. The summed E-state index contributed by atoms with van der Waals surface area (Å²) in [5.41, 5.74) is 6.82. The van der Waals surface area contributed by atoms with Crippen molar-refractivity contribution in [2.45, 2.75) is 19.3 Å². The molecule has 0 fully saturated rings. The minimum absolute atomic E-state index is 0.0620. The van der Waals surface area contributed by atoms with E-state index in [9.17, 15) is 19.2 Å². The molecule has 47 heavy (non-hydrogen) atoms. The zero-order valence-corrected chi connectivity index (χ0v) is 25.7. The van der Waals surface area contributed by atoms with E-state index < -0.39 is 11.9 Å². The minimum Gasteiger partial charge on any atom is -0.493 e. The van der Waals surface area contributed by atoms with Crippen LogP contribution in [0.3, 0.4) is 0 Å². The third-order valence-electron chi connectivity index (χ3n) is 6.41. The number of nitrogens with zero attached hydrogens (tertiary/aromatic N) is 2. The Morgan fingerprint density at radius 1 is 0.574 bits per heavy atom. The van der Waals surface area contributed by atoms with Crippen molar-refractivity contribution in [1.29, 1.82) is 0 Å². The van der Waals surface area contributed by atoms with E-state index in [0.29, 0.717) is 33.8 Å². The Labute approximate surface area is 271 Å². The predicted octanol–water partition coefficient (Wildman–Crippen LogP) is 4.91. The monoisotopic (exact) mass is 636 g/mol. The van der Waals surface area contributed by atoms with Crippen molar-refractivity contribution < 1.29 is 38.1 Å². The number of rotatable bonds is 14. The van der Waals surface area contributed by atoms with Crippen LogP contribution in [-0.4, -0.2) is 50.4 Å². The molecule has 0 bridgehead atoms. The van der Waals surface area contributed by atoms with Crippen molar-refractivity contribution in [3.05, 3.63) is 119 Å². The van der Waals surface area contributed by atoms with Gasteiger partial charge in [-0.05, 0) is 78.2 Å². The largest absolute Gasteiger partial charge is 0.493 e. The van der Waals surface area contributed by atoms with Gasteiger partial charge in [-0.1, -0.05) is 36.4 Å². The van der Waals surface area contributed by atoms with Crippen molar-refractivity contribution in [1.82, 2.24) is 10.9 Å². The van der Waals surface area contributed by atoms with Crippen LogP contribution < -0.4 is 29.8 Å². The van der Waals surface area contributed by atoms with E-state index in [2.05, 4.69) is 21.1 Å². The van der Waals surface area contributed by atoms with Gasteiger partial charge in [0.1, 0.15) is 0 Å². The Bertz CT molecular complexity index is 1630. The van der Waals surface area contributed by atoms with Gasteiger partial charge >= 0.3 is 11.9 Å². The molecule has 12 heteroatoms. The van der Waals surface area contributed by atoms with Crippen molar-refractivity contribution in [2.24, 2.45) is 10.2 Å². The van der Waals surface area contributed by atoms with E-state index in [1.165, 1.54) is 26.6 Å². The van der Waals surface area contributed by atoms with Gasteiger partial charge in [0.2, 0.25) is 11.8 Å². The first-order chi connectivity index (χ1) is 22.9. The number of carbonyl (C=O) groups is 4. The Kier molecular flexibility index (Phi) is 12.3. The standard InChI is InChI=1S/C35H32N4O8/c1-44-30-20-24(16-18-28(30)46-34(42)26-10-5-3-6-11-26)22-36-38-32(40)14-9-15-33(41)39-37-23-25-17-19-29(31(21-25)45-2)47-35(43)27-12-7-4-8-13-27/h3-8,10-13,16-23H,9,14-15H2,1-2H3,(H,38,40)(H,39,41)/b36-22-,37-23-. The molecule has 0 aliphatic carbocycles. The predicted molar refractivity (Wildman–Crippen MR) is 174 cm³/mol. The van der Waals surface area contributed by atoms with Gasteiger partial charge < -0.3 is 18.9 Å². The maximum absolute atomic E-state index is 12.3. The second kappa shape index (κ2) is 17.3. The topological polar surface area (TPSA) is 154 Å². The Hall–Kier alpha value is -6.30. The van der Waals surface area contributed by atoms with Crippen LogP contribution in [0, 0.1) is 0 Å². The second-order valence-electron chi connectivity index (χ2n) is 9.77. The molecule has 0 unspecified atom stereocenters. The minimum atomic E-state index is -0.519. The molecule has 0 radical (unpaired) electrons. The third kappa shape index (κ3) is 10.4. The van der Waals surface area contributed by atoms with Crippen LogP contribution in [0.5, 0.6) is 23.0 Å². The number of ether oxygens (including phenoxy) is 4. The summed E-state index contributed by atoms with van der Waals surface area (Å²) in [5, 5.41) is 7.88. The lowest BCUT2D eigenvalue weighted by atomic mass is 10.2. The number of hydrazone groups is 2. The Balaban J connectivity index is 1.18.